The second-order valence-corrected chi connectivity index (χ2v) is 6.54. The minimum Gasteiger partial charge on any atom is -0.496 e. The molecule has 146 valence electrons. The van der Waals surface area contributed by atoms with Crippen molar-refractivity contribution in [3.8, 4) is 28.1 Å². The van der Waals surface area contributed by atoms with E-state index in [-0.39, 0.29) is 0 Å². The highest BCUT2D eigenvalue weighted by Gasteiger charge is 2.17. The van der Waals surface area contributed by atoms with Gasteiger partial charge in [0.05, 0.1) is 12.8 Å². The Morgan fingerprint density at radius 2 is 1.97 bits per heavy atom. The summed E-state index contributed by atoms with van der Waals surface area (Å²) in [6.07, 6.45) is 0.496. The van der Waals surface area contributed by atoms with Crippen LogP contribution in [0.2, 0.25) is 0 Å². The molecule has 0 saturated carbocycles. The van der Waals surface area contributed by atoms with Crippen molar-refractivity contribution in [2.24, 2.45) is 0 Å². The Labute approximate surface area is 167 Å². The Morgan fingerprint density at radius 1 is 1.14 bits per heavy atom. The summed E-state index contributed by atoms with van der Waals surface area (Å²) >= 11 is 0. The molecule has 2 aromatic carbocycles. The summed E-state index contributed by atoms with van der Waals surface area (Å²) < 4.78 is 5.47. The van der Waals surface area contributed by atoms with Crippen LogP contribution < -0.4 is 10.1 Å². The number of hydrogen-bond acceptors (Lipinski definition) is 5. The van der Waals surface area contributed by atoms with Crippen LogP contribution in [-0.4, -0.2) is 40.4 Å². The van der Waals surface area contributed by atoms with Crippen molar-refractivity contribution in [3.05, 3.63) is 66.4 Å². The Kier molecular flexibility index (Phi) is 4.97. The number of nitrogens with one attached hydrogen (secondary N) is 2. The summed E-state index contributed by atoms with van der Waals surface area (Å²) in [4.78, 5) is 16.2. The van der Waals surface area contributed by atoms with Gasteiger partial charge in [-0.3, -0.25) is 9.89 Å². The van der Waals surface area contributed by atoms with E-state index in [2.05, 4.69) is 20.5 Å². The molecule has 0 radical (unpaired) electrons. The second kappa shape index (κ2) is 7.73. The molecule has 0 aliphatic carbocycles. The van der Waals surface area contributed by atoms with Crippen LogP contribution in [0, 0.1) is 0 Å². The number of carbonyl (C=O) groups is 1. The van der Waals surface area contributed by atoms with Crippen molar-refractivity contribution in [1.82, 2.24) is 20.5 Å². The number of aromatic amines is 1. The number of methoxy groups -OCH3 is 1. The number of fused-ring (bicyclic) bond motifs is 1. The maximum atomic E-state index is 11.8. The van der Waals surface area contributed by atoms with Gasteiger partial charge < -0.3 is 15.2 Å². The number of aliphatic hydroxyl groups is 1. The van der Waals surface area contributed by atoms with Crippen molar-refractivity contribution < 1.29 is 14.6 Å². The first-order valence-corrected chi connectivity index (χ1v) is 9.10. The highest BCUT2D eigenvalue weighted by Crippen LogP contribution is 2.34. The lowest BCUT2D eigenvalue weighted by atomic mass is 10.00. The van der Waals surface area contributed by atoms with Crippen LogP contribution in [0.5, 0.6) is 5.75 Å². The molecule has 0 aliphatic rings. The molecule has 2 heterocycles. The lowest BCUT2D eigenvalue weighted by molar-refractivity contribution is -0.129. The van der Waals surface area contributed by atoms with Crippen molar-refractivity contribution in [3.63, 3.8) is 0 Å². The fraction of sp³-hybridized carbons (Fsp3) is 0.136. The fourth-order valence-electron chi connectivity index (χ4n) is 3.29. The third kappa shape index (κ3) is 3.43. The number of rotatable bonds is 5. The zero-order chi connectivity index (χ0) is 20.4. The molecule has 3 N–H and O–H groups in total. The minimum atomic E-state index is -1.23. The van der Waals surface area contributed by atoms with Gasteiger partial charge in [0, 0.05) is 29.8 Å². The lowest BCUT2D eigenvalue weighted by Gasteiger charge is -2.11. The molecule has 0 aliphatic heterocycles. The number of para-hydroxylation sites is 1. The number of hydrogen-bond donors (Lipinski definition) is 3. The Hall–Kier alpha value is -3.71. The molecule has 1 atom stereocenters. The zero-order valence-corrected chi connectivity index (χ0v) is 16.0. The number of aliphatic hydroxyl groups excluding tert-OH is 1. The number of amides is 1. The van der Waals surface area contributed by atoms with Crippen LogP contribution in [-0.2, 0) is 4.79 Å². The highest BCUT2D eigenvalue weighted by molar-refractivity contribution is 5.94. The van der Waals surface area contributed by atoms with E-state index in [0.29, 0.717) is 11.2 Å². The molecule has 1 amide bonds. The number of ether oxygens (including phenoxy) is 1. The summed E-state index contributed by atoms with van der Waals surface area (Å²) in [5.74, 6) is 0.281. The normalized spacial score (nSPS) is 12.0. The van der Waals surface area contributed by atoms with E-state index in [9.17, 15) is 9.90 Å². The summed E-state index contributed by atoms with van der Waals surface area (Å²) in [6, 6.07) is 16.9. The topological polar surface area (TPSA) is 100 Å². The molecule has 29 heavy (non-hydrogen) atoms. The monoisotopic (exact) mass is 388 g/mol. The second-order valence-electron chi connectivity index (χ2n) is 6.54. The predicted molar refractivity (Wildman–Crippen MR) is 110 cm³/mol. The van der Waals surface area contributed by atoms with E-state index in [1.807, 2.05) is 36.4 Å². The molecule has 0 spiro atoms. The largest absolute Gasteiger partial charge is 0.496 e. The highest BCUT2D eigenvalue weighted by atomic mass is 16.5. The summed E-state index contributed by atoms with van der Waals surface area (Å²) in [5.41, 5.74) is 4.50. The van der Waals surface area contributed by atoms with Crippen LogP contribution in [0.25, 0.3) is 33.4 Å². The van der Waals surface area contributed by atoms with E-state index in [1.54, 1.807) is 31.5 Å². The number of likely N-dealkylation sites (N-methyl/N-ethyl adjacent to an activating group) is 1. The molecule has 1 unspecified atom stereocenters. The van der Waals surface area contributed by atoms with Crippen molar-refractivity contribution in [2.75, 3.05) is 14.2 Å². The maximum Gasteiger partial charge on any atom is 0.253 e. The number of H-pyrrole nitrogens is 1. The number of pyridine rings is 1. The third-order valence-electron chi connectivity index (χ3n) is 4.82. The van der Waals surface area contributed by atoms with Gasteiger partial charge in [-0.1, -0.05) is 30.3 Å². The van der Waals surface area contributed by atoms with E-state index in [1.165, 1.54) is 7.05 Å². The van der Waals surface area contributed by atoms with Gasteiger partial charge >= 0.3 is 0 Å². The van der Waals surface area contributed by atoms with Crippen LogP contribution in [0.4, 0.5) is 0 Å². The maximum absolute atomic E-state index is 11.8. The van der Waals surface area contributed by atoms with Crippen molar-refractivity contribution in [1.29, 1.82) is 0 Å². The molecule has 4 rings (SSSR count). The van der Waals surface area contributed by atoms with Gasteiger partial charge in [0.15, 0.2) is 11.8 Å². The molecule has 0 saturated heterocycles. The van der Waals surface area contributed by atoms with E-state index < -0.39 is 12.0 Å². The Balaban J connectivity index is 1.80. The molecule has 0 fully saturated rings. The molecule has 7 nitrogen and oxygen atoms in total. The SMILES string of the molecule is CNC(=O)C(O)c1cccc(-c2cnc3n[nH]c(-c4ccccc4OC)c3c2)c1. The van der Waals surface area contributed by atoms with Crippen LogP contribution in [0.3, 0.4) is 0 Å². The number of benzene rings is 2. The molecular formula is C22H20N4O3. The van der Waals surface area contributed by atoms with Crippen LogP contribution in [0.1, 0.15) is 11.7 Å². The molecule has 7 heteroatoms. The first-order valence-electron chi connectivity index (χ1n) is 9.10. The number of carbonyl (C=O) groups excluding carboxylic acids is 1. The number of nitrogens with zero attached hydrogens (tertiary/aromatic N) is 2. The summed E-state index contributed by atoms with van der Waals surface area (Å²) in [6.45, 7) is 0. The van der Waals surface area contributed by atoms with E-state index in [4.69, 9.17) is 4.74 Å². The fourth-order valence-corrected chi connectivity index (χ4v) is 3.29. The summed E-state index contributed by atoms with van der Waals surface area (Å²) in [7, 11) is 3.12. The molecular weight excluding hydrogens is 368 g/mol. The van der Waals surface area contributed by atoms with Crippen LogP contribution in [0.15, 0.2) is 60.8 Å². The first kappa shape index (κ1) is 18.6. The van der Waals surface area contributed by atoms with Crippen molar-refractivity contribution >= 4 is 16.9 Å². The minimum absolute atomic E-state index is 0.455. The average molecular weight is 388 g/mol. The number of aromatic nitrogens is 3. The zero-order valence-electron chi connectivity index (χ0n) is 16.0. The smallest absolute Gasteiger partial charge is 0.253 e. The molecule has 2 aromatic heterocycles. The van der Waals surface area contributed by atoms with Gasteiger partial charge in [-0.25, -0.2) is 4.98 Å². The van der Waals surface area contributed by atoms with Gasteiger partial charge in [-0.2, -0.15) is 5.10 Å². The van der Waals surface area contributed by atoms with Crippen molar-refractivity contribution in [2.45, 2.75) is 6.10 Å². The summed E-state index contributed by atoms with van der Waals surface area (Å²) in [5, 5.41) is 20.8. The molecule has 0 bridgehead atoms. The molecule has 4 aromatic rings. The van der Waals surface area contributed by atoms with Gasteiger partial charge in [0.2, 0.25) is 0 Å². The van der Waals surface area contributed by atoms with Gasteiger partial charge in [-0.15, -0.1) is 0 Å². The van der Waals surface area contributed by atoms with E-state index in [0.717, 1.165) is 33.5 Å². The van der Waals surface area contributed by atoms with Gasteiger partial charge in [-0.05, 0) is 35.4 Å². The average Bonchev–Trinajstić information content (AvgIpc) is 3.21. The third-order valence-corrected chi connectivity index (χ3v) is 4.82. The Bertz CT molecular complexity index is 1190. The van der Waals surface area contributed by atoms with E-state index >= 15 is 0 Å². The quantitative estimate of drug-likeness (QED) is 0.488. The predicted octanol–water partition coefficient (Wildman–Crippen LogP) is 3.08. The standard InChI is InChI=1S/C22H20N4O3/c1-23-22(28)20(27)14-7-5-6-13(10-14)15-11-17-19(25-26-21(17)24-12-15)16-8-3-4-9-18(16)29-2/h3-12,20,27H,1-2H3,(H,23,28)(H,24,25,26). The van der Waals surface area contributed by atoms with Gasteiger partial charge in [0.1, 0.15) is 5.75 Å². The van der Waals surface area contributed by atoms with Crippen LogP contribution >= 0.6 is 0 Å². The van der Waals surface area contributed by atoms with Gasteiger partial charge in [0.25, 0.3) is 5.91 Å². The first-order chi connectivity index (χ1) is 14.1. The lowest BCUT2D eigenvalue weighted by Crippen LogP contribution is -2.25. The Morgan fingerprint density at radius 3 is 2.76 bits per heavy atom.